The smallest absolute Gasteiger partial charge is 0.280 e. The number of aryl methyl sites for hydroxylation is 1. The molecule has 212 valence electrons. The molecular formula is C27H37N5O5S2. The molecule has 0 bridgehead atoms. The van der Waals surface area contributed by atoms with E-state index in [2.05, 4.69) is 26.7 Å². The minimum atomic E-state index is -4.04. The number of sulfonamides is 2. The Bertz CT molecular complexity index is 1480. The Morgan fingerprint density at radius 2 is 1.77 bits per heavy atom. The Labute approximate surface area is 231 Å². The van der Waals surface area contributed by atoms with Crippen LogP contribution in [0, 0.1) is 5.92 Å². The molecule has 1 fully saturated rings. The summed E-state index contributed by atoms with van der Waals surface area (Å²) in [5.41, 5.74) is 1.44. The highest BCUT2D eigenvalue weighted by Crippen LogP contribution is 2.31. The van der Waals surface area contributed by atoms with Crippen molar-refractivity contribution in [1.29, 1.82) is 0 Å². The molecule has 39 heavy (non-hydrogen) atoms. The Morgan fingerprint density at radius 3 is 2.46 bits per heavy atom. The lowest BCUT2D eigenvalue weighted by Gasteiger charge is -2.25. The van der Waals surface area contributed by atoms with Crippen LogP contribution in [0.25, 0.3) is 0 Å². The summed E-state index contributed by atoms with van der Waals surface area (Å²) in [5, 5.41) is 3.40. The fourth-order valence-electron chi connectivity index (χ4n) is 4.95. The van der Waals surface area contributed by atoms with Gasteiger partial charge in [-0.3, -0.25) is 9.44 Å². The molecule has 0 aliphatic heterocycles. The number of ether oxygens (including phenoxy) is 1. The maximum atomic E-state index is 13.4. The molecule has 1 atom stereocenters. The second-order valence-corrected chi connectivity index (χ2v) is 13.4. The van der Waals surface area contributed by atoms with Gasteiger partial charge < -0.3 is 14.6 Å². The van der Waals surface area contributed by atoms with Crippen molar-refractivity contribution in [2.45, 2.75) is 68.0 Å². The maximum absolute atomic E-state index is 13.4. The number of nitrogens with one attached hydrogen (secondary N) is 3. The molecule has 3 aromatic rings. The molecule has 2 aromatic carbocycles. The molecule has 0 radical (unpaired) electrons. The number of anilines is 2. The third-order valence-corrected chi connectivity index (χ3v) is 9.65. The van der Waals surface area contributed by atoms with Crippen molar-refractivity contribution >= 4 is 31.4 Å². The normalized spacial score (nSPS) is 15.6. The van der Waals surface area contributed by atoms with Gasteiger partial charge >= 0.3 is 0 Å². The zero-order valence-corrected chi connectivity index (χ0v) is 24.2. The number of hydrogen-bond acceptors (Lipinski definition) is 7. The molecule has 4 rings (SSSR count). The van der Waals surface area contributed by atoms with Crippen LogP contribution in [0.1, 0.15) is 51.0 Å². The summed E-state index contributed by atoms with van der Waals surface area (Å²) in [7, 11) is -5.01. The summed E-state index contributed by atoms with van der Waals surface area (Å²) in [6.07, 6.45) is 10.4. The summed E-state index contributed by atoms with van der Waals surface area (Å²) in [6, 6.07) is 11.6. The van der Waals surface area contributed by atoms with Crippen LogP contribution in [0.2, 0.25) is 0 Å². The number of nitrogens with zero attached hydrogens (tertiary/aromatic N) is 2. The molecular weight excluding hydrogens is 538 g/mol. The quantitative estimate of drug-likeness (QED) is 0.290. The summed E-state index contributed by atoms with van der Waals surface area (Å²) in [5.74, 6) is 0.749. The molecule has 1 unspecified atom stereocenters. The summed E-state index contributed by atoms with van der Waals surface area (Å²) < 4.78 is 64.0. The largest absolute Gasteiger partial charge is 0.495 e. The number of hydrogen-bond donors (Lipinski definition) is 3. The second kappa shape index (κ2) is 12.4. The van der Waals surface area contributed by atoms with Crippen molar-refractivity contribution in [3.8, 4) is 5.75 Å². The SMILES string of the molecule is COc1cc(NS(=O)(=O)c2cn(C)cn2)ccc1S(=O)(=O)Nc1ccccc1CNC(C)CC1CCCCC1. The van der Waals surface area contributed by atoms with Gasteiger partial charge in [-0.2, -0.15) is 8.42 Å². The van der Waals surface area contributed by atoms with Gasteiger partial charge in [0.25, 0.3) is 20.0 Å². The highest BCUT2D eigenvalue weighted by molar-refractivity contribution is 7.93. The van der Waals surface area contributed by atoms with Crippen LogP contribution >= 0.6 is 0 Å². The standard InChI is InChI=1S/C27H37N5O5S2/c1-20(15-21-9-5-4-6-10-21)28-17-22-11-7-8-12-24(22)31-38(33,34)26-14-13-23(16-25(26)37-3)30-39(35,36)27-18-32(2)19-29-27/h7-8,11-14,16,18-21,28,30-31H,4-6,9-10,15,17H2,1-3H3. The zero-order chi connectivity index (χ0) is 28.0. The van der Waals surface area contributed by atoms with E-state index in [1.54, 1.807) is 19.2 Å². The molecule has 10 nitrogen and oxygen atoms in total. The Hall–Kier alpha value is -3.09. The maximum Gasteiger partial charge on any atom is 0.280 e. The zero-order valence-electron chi connectivity index (χ0n) is 22.6. The number of benzene rings is 2. The van der Waals surface area contributed by atoms with Crippen molar-refractivity contribution in [3.05, 3.63) is 60.6 Å². The Morgan fingerprint density at radius 1 is 1.03 bits per heavy atom. The van der Waals surface area contributed by atoms with E-state index in [1.807, 2.05) is 12.1 Å². The van der Waals surface area contributed by atoms with E-state index in [1.165, 1.54) is 74.5 Å². The molecule has 1 heterocycles. The molecule has 1 aliphatic rings. The minimum absolute atomic E-state index is 0.000399. The molecule has 0 saturated heterocycles. The number of imidazole rings is 1. The van der Waals surface area contributed by atoms with Crippen LogP contribution < -0.4 is 19.5 Å². The number of para-hydroxylation sites is 1. The van der Waals surface area contributed by atoms with E-state index in [0.29, 0.717) is 18.3 Å². The molecule has 0 spiro atoms. The summed E-state index contributed by atoms with van der Waals surface area (Å²) in [4.78, 5) is 3.75. The lowest BCUT2D eigenvalue weighted by Crippen LogP contribution is -2.29. The monoisotopic (exact) mass is 575 g/mol. The minimum Gasteiger partial charge on any atom is -0.495 e. The second-order valence-electron chi connectivity index (χ2n) is 10.1. The third-order valence-electron chi connectivity index (χ3n) is 6.98. The van der Waals surface area contributed by atoms with E-state index in [9.17, 15) is 16.8 Å². The van der Waals surface area contributed by atoms with Crippen LogP contribution in [0.3, 0.4) is 0 Å². The van der Waals surface area contributed by atoms with E-state index in [0.717, 1.165) is 17.9 Å². The van der Waals surface area contributed by atoms with Gasteiger partial charge in [0.05, 0.1) is 24.8 Å². The van der Waals surface area contributed by atoms with Crippen LogP contribution in [-0.4, -0.2) is 39.5 Å². The fraction of sp³-hybridized carbons (Fsp3) is 0.444. The summed E-state index contributed by atoms with van der Waals surface area (Å²) in [6.45, 7) is 2.70. The molecule has 1 aliphatic carbocycles. The van der Waals surface area contributed by atoms with Crippen molar-refractivity contribution in [2.24, 2.45) is 13.0 Å². The van der Waals surface area contributed by atoms with E-state index < -0.39 is 20.0 Å². The first-order chi connectivity index (χ1) is 18.6. The molecule has 12 heteroatoms. The first-order valence-corrected chi connectivity index (χ1v) is 16.1. The first-order valence-electron chi connectivity index (χ1n) is 13.1. The summed E-state index contributed by atoms with van der Waals surface area (Å²) >= 11 is 0. The van der Waals surface area contributed by atoms with Gasteiger partial charge in [0.2, 0.25) is 0 Å². The third kappa shape index (κ3) is 7.52. The highest BCUT2D eigenvalue weighted by atomic mass is 32.2. The van der Waals surface area contributed by atoms with Gasteiger partial charge in [0.15, 0.2) is 5.03 Å². The van der Waals surface area contributed by atoms with Gasteiger partial charge in [-0.1, -0.05) is 50.3 Å². The molecule has 0 amide bonds. The average molecular weight is 576 g/mol. The first kappa shape index (κ1) is 28.9. The predicted octanol–water partition coefficient (Wildman–Crippen LogP) is 4.48. The number of methoxy groups -OCH3 is 1. The number of aromatic nitrogens is 2. The van der Waals surface area contributed by atoms with Crippen LogP contribution in [0.5, 0.6) is 5.75 Å². The lowest BCUT2D eigenvalue weighted by molar-refractivity contribution is 0.305. The lowest BCUT2D eigenvalue weighted by atomic mass is 9.85. The van der Waals surface area contributed by atoms with E-state index in [4.69, 9.17) is 4.74 Å². The van der Waals surface area contributed by atoms with Crippen LogP contribution in [-0.2, 0) is 33.6 Å². The van der Waals surface area contributed by atoms with Crippen molar-refractivity contribution in [2.75, 3.05) is 16.6 Å². The number of rotatable bonds is 12. The highest BCUT2D eigenvalue weighted by Gasteiger charge is 2.24. The Kier molecular flexibility index (Phi) is 9.19. The molecule has 1 saturated carbocycles. The predicted molar refractivity (Wildman–Crippen MR) is 152 cm³/mol. The van der Waals surface area contributed by atoms with Crippen LogP contribution in [0.15, 0.2) is 64.9 Å². The van der Waals surface area contributed by atoms with E-state index in [-0.39, 0.29) is 21.4 Å². The Balaban J connectivity index is 1.47. The molecule has 1 aromatic heterocycles. The fourth-order valence-corrected chi connectivity index (χ4v) is 7.24. The van der Waals surface area contributed by atoms with Crippen molar-refractivity contribution in [1.82, 2.24) is 14.9 Å². The van der Waals surface area contributed by atoms with Crippen molar-refractivity contribution < 1.29 is 21.6 Å². The van der Waals surface area contributed by atoms with E-state index >= 15 is 0 Å². The van der Waals surface area contributed by atoms with Crippen molar-refractivity contribution in [3.63, 3.8) is 0 Å². The van der Waals surface area contributed by atoms with Gasteiger partial charge in [-0.15, -0.1) is 0 Å². The molecule has 3 N–H and O–H groups in total. The van der Waals surface area contributed by atoms with Gasteiger partial charge in [0, 0.05) is 31.9 Å². The van der Waals surface area contributed by atoms with Gasteiger partial charge in [-0.05, 0) is 43.0 Å². The van der Waals surface area contributed by atoms with Gasteiger partial charge in [-0.25, -0.2) is 13.4 Å². The van der Waals surface area contributed by atoms with Gasteiger partial charge in [0.1, 0.15) is 10.6 Å². The average Bonchev–Trinajstić information content (AvgIpc) is 3.35. The van der Waals surface area contributed by atoms with Crippen LogP contribution in [0.4, 0.5) is 11.4 Å². The topological polar surface area (TPSA) is 131 Å².